The predicted molar refractivity (Wildman–Crippen MR) is 62.1 cm³/mol. The third-order valence-electron chi connectivity index (χ3n) is 2.59. The summed E-state index contributed by atoms with van der Waals surface area (Å²) in [5.41, 5.74) is 1.55. The Kier molecular flexibility index (Phi) is 3.30. The second-order valence-corrected chi connectivity index (χ2v) is 4.22. The minimum absolute atomic E-state index is 0.214. The molecule has 2 rings (SSSR count). The Morgan fingerprint density at radius 1 is 1.31 bits per heavy atom. The summed E-state index contributed by atoms with van der Waals surface area (Å²) in [5, 5.41) is -0.254. The molecule has 1 heterocycles. The van der Waals surface area contributed by atoms with E-state index in [1.54, 1.807) is 18.4 Å². The van der Waals surface area contributed by atoms with Crippen molar-refractivity contribution in [3.63, 3.8) is 0 Å². The lowest BCUT2D eigenvalue weighted by Crippen LogP contribution is -1.98. The van der Waals surface area contributed by atoms with Gasteiger partial charge in [0, 0.05) is 5.56 Å². The summed E-state index contributed by atoms with van der Waals surface area (Å²) < 4.78 is 18.6. The van der Waals surface area contributed by atoms with Crippen molar-refractivity contribution in [2.75, 3.05) is 0 Å². The largest absolute Gasteiger partial charge is 0.469 e. The van der Waals surface area contributed by atoms with Crippen LogP contribution in [0, 0.1) is 12.7 Å². The van der Waals surface area contributed by atoms with Crippen LogP contribution in [0.5, 0.6) is 0 Å². The van der Waals surface area contributed by atoms with Gasteiger partial charge in [-0.05, 0) is 31.0 Å². The molecule has 1 unspecified atom stereocenters. The van der Waals surface area contributed by atoms with Crippen molar-refractivity contribution in [3.8, 4) is 0 Å². The van der Waals surface area contributed by atoms with Crippen LogP contribution in [-0.2, 0) is 6.42 Å². The van der Waals surface area contributed by atoms with E-state index in [2.05, 4.69) is 0 Å². The zero-order valence-electron chi connectivity index (χ0n) is 8.91. The summed E-state index contributed by atoms with van der Waals surface area (Å²) in [6.07, 6.45) is 2.07. The van der Waals surface area contributed by atoms with Crippen molar-refractivity contribution in [3.05, 3.63) is 59.3 Å². The van der Waals surface area contributed by atoms with Crippen molar-refractivity contribution in [1.82, 2.24) is 0 Å². The van der Waals surface area contributed by atoms with Gasteiger partial charge >= 0.3 is 0 Å². The molecule has 1 nitrogen and oxygen atoms in total. The van der Waals surface area contributed by atoms with Crippen molar-refractivity contribution in [1.29, 1.82) is 0 Å². The summed E-state index contributed by atoms with van der Waals surface area (Å²) in [5.74, 6) is 0.575. The van der Waals surface area contributed by atoms with Crippen LogP contribution >= 0.6 is 11.6 Å². The molecule has 0 N–H and O–H groups in total. The summed E-state index contributed by atoms with van der Waals surface area (Å²) in [7, 11) is 0. The molecule has 1 aromatic heterocycles. The molecule has 0 aliphatic heterocycles. The first kappa shape index (κ1) is 11.2. The lowest BCUT2D eigenvalue weighted by Gasteiger charge is -2.09. The minimum atomic E-state index is -0.254. The van der Waals surface area contributed by atoms with E-state index in [1.807, 2.05) is 19.1 Å². The topological polar surface area (TPSA) is 13.1 Å². The maximum atomic E-state index is 13.4. The van der Waals surface area contributed by atoms with Gasteiger partial charge in [0.15, 0.2) is 0 Å². The quantitative estimate of drug-likeness (QED) is 0.729. The van der Waals surface area contributed by atoms with Gasteiger partial charge in [-0.15, -0.1) is 11.6 Å². The molecular formula is C13H12ClFO. The summed E-state index contributed by atoms with van der Waals surface area (Å²) >= 11 is 6.23. The van der Waals surface area contributed by atoms with Gasteiger partial charge in [-0.1, -0.05) is 18.2 Å². The Morgan fingerprint density at radius 2 is 2.06 bits per heavy atom. The second-order valence-electron chi connectivity index (χ2n) is 3.70. The van der Waals surface area contributed by atoms with Gasteiger partial charge in [-0.25, -0.2) is 4.39 Å². The fourth-order valence-electron chi connectivity index (χ4n) is 1.69. The van der Waals surface area contributed by atoms with Gasteiger partial charge in [0.25, 0.3) is 0 Å². The van der Waals surface area contributed by atoms with Crippen molar-refractivity contribution in [2.24, 2.45) is 0 Å². The van der Waals surface area contributed by atoms with E-state index in [9.17, 15) is 4.39 Å². The second kappa shape index (κ2) is 4.71. The first-order chi connectivity index (χ1) is 7.68. The monoisotopic (exact) mass is 238 g/mol. The molecular weight excluding hydrogens is 227 g/mol. The van der Waals surface area contributed by atoms with E-state index in [0.29, 0.717) is 12.0 Å². The van der Waals surface area contributed by atoms with Crippen LogP contribution in [0.15, 0.2) is 41.0 Å². The molecule has 1 atom stereocenters. The number of benzene rings is 1. The number of hydrogen-bond acceptors (Lipinski definition) is 1. The van der Waals surface area contributed by atoms with E-state index >= 15 is 0 Å². The Morgan fingerprint density at radius 3 is 2.69 bits per heavy atom. The molecule has 2 aromatic rings. The zero-order chi connectivity index (χ0) is 11.5. The third-order valence-corrected chi connectivity index (χ3v) is 2.98. The first-order valence-corrected chi connectivity index (χ1v) is 5.53. The van der Waals surface area contributed by atoms with Crippen LogP contribution in [0.25, 0.3) is 0 Å². The molecule has 0 radical (unpaired) electrons. The summed E-state index contributed by atoms with van der Waals surface area (Å²) in [6, 6.07) is 8.50. The maximum Gasteiger partial charge on any atom is 0.126 e. The molecule has 0 saturated carbocycles. The zero-order valence-corrected chi connectivity index (χ0v) is 9.67. The van der Waals surface area contributed by atoms with Crippen LogP contribution in [0.3, 0.4) is 0 Å². The minimum Gasteiger partial charge on any atom is -0.469 e. The molecule has 0 fully saturated rings. The van der Waals surface area contributed by atoms with Crippen LogP contribution < -0.4 is 0 Å². The van der Waals surface area contributed by atoms with E-state index in [-0.39, 0.29) is 11.2 Å². The number of furan rings is 1. The first-order valence-electron chi connectivity index (χ1n) is 5.10. The lowest BCUT2D eigenvalue weighted by molar-refractivity contribution is 0.528. The maximum absolute atomic E-state index is 13.4. The van der Waals surface area contributed by atoms with Gasteiger partial charge in [-0.2, -0.15) is 0 Å². The Labute approximate surface area is 98.8 Å². The number of rotatable bonds is 3. The van der Waals surface area contributed by atoms with Gasteiger partial charge in [0.1, 0.15) is 11.6 Å². The Bertz CT molecular complexity index is 478. The van der Waals surface area contributed by atoms with Crippen LogP contribution in [0.4, 0.5) is 4.39 Å². The molecule has 0 aliphatic rings. The van der Waals surface area contributed by atoms with E-state index in [4.69, 9.17) is 16.0 Å². The van der Waals surface area contributed by atoms with Gasteiger partial charge in [0.2, 0.25) is 0 Å². The van der Waals surface area contributed by atoms with Gasteiger partial charge in [-0.3, -0.25) is 0 Å². The molecule has 1 aromatic carbocycles. The van der Waals surface area contributed by atoms with Crippen molar-refractivity contribution >= 4 is 11.6 Å². The standard InChI is InChI=1S/C13H12ClFO/c1-9-11(6-7-16-9)12(14)8-10-4-2-3-5-13(10)15/h2-7,12H,8H2,1H3. The number of halogens is 2. The molecule has 0 spiro atoms. The summed E-state index contributed by atoms with van der Waals surface area (Å²) in [6.45, 7) is 1.85. The third kappa shape index (κ3) is 2.27. The normalized spacial score (nSPS) is 12.7. The van der Waals surface area contributed by atoms with E-state index in [1.165, 1.54) is 6.07 Å². The molecule has 0 amide bonds. The average Bonchev–Trinajstić information content (AvgIpc) is 2.68. The number of aryl methyl sites for hydroxylation is 1. The average molecular weight is 239 g/mol. The highest BCUT2D eigenvalue weighted by Crippen LogP contribution is 2.28. The number of alkyl halides is 1. The Balaban J connectivity index is 2.17. The van der Waals surface area contributed by atoms with E-state index in [0.717, 1.165) is 11.3 Å². The lowest BCUT2D eigenvalue weighted by atomic mass is 10.0. The van der Waals surface area contributed by atoms with Crippen LogP contribution in [-0.4, -0.2) is 0 Å². The van der Waals surface area contributed by atoms with Crippen LogP contribution in [0.1, 0.15) is 22.3 Å². The fraction of sp³-hybridized carbons (Fsp3) is 0.231. The molecule has 16 heavy (non-hydrogen) atoms. The van der Waals surface area contributed by atoms with Crippen molar-refractivity contribution in [2.45, 2.75) is 18.7 Å². The molecule has 0 bridgehead atoms. The highest BCUT2D eigenvalue weighted by Gasteiger charge is 2.15. The molecule has 0 saturated heterocycles. The van der Waals surface area contributed by atoms with Crippen LogP contribution in [0.2, 0.25) is 0 Å². The molecule has 84 valence electrons. The SMILES string of the molecule is Cc1occc1C(Cl)Cc1ccccc1F. The highest BCUT2D eigenvalue weighted by molar-refractivity contribution is 6.21. The fourth-order valence-corrected chi connectivity index (χ4v) is 2.08. The molecule has 0 aliphatic carbocycles. The van der Waals surface area contributed by atoms with E-state index < -0.39 is 0 Å². The number of hydrogen-bond donors (Lipinski definition) is 0. The van der Waals surface area contributed by atoms with Crippen molar-refractivity contribution < 1.29 is 8.81 Å². The molecule has 3 heteroatoms. The van der Waals surface area contributed by atoms with Gasteiger partial charge in [0.05, 0.1) is 11.6 Å². The van der Waals surface area contributed by atoms with Gasteiger partial charge < -0.3 is 4.42 Å². The predicted octanol–water partition coefficient (Wildman–Crippen LogP) is 4.25. The highest BCUT2D eigenvalue weighted by atomic mass is 35.5. The smallest absolute Gasteiger partial charge is 0.126 e. The Hall–Kier alpha value is -1.28. The summed E-state index contributed by atoms with van der Waals surface area (Å²) in [4.78, 5) is 0.